The van der Waals surface area contributed by atoms with Gasteiger partial charge in [-0.2, -0.15) is 0 Å². The molecule has 24 heavy (non-hydrogen) atoms. The van der Waals surface area contributed by atoms with Crippen LogP contribution in [0.25, 0.3) is 0 Å². The summed E-state index contributed by atoms with van der Waals surface area (Å²) in [7, 11) is 0. The van der Waals surface area contributed by atoms with Crippen LogP contribution >= 0.6 is 0 Å². The molecule has 126 valence electrons. The second-order valence-corrected chi connectivity index (χ2v) is 6.93. The zero-order chi connectivity index (χ0) is 16.4. The second kappa shape index (κ2) is 6.81. The molecule has 1 saturated heterocycles. The minimum absolute atomic E-state index is 0.124. The van der Waals surface area contributed by atoms with E-state index in [0.29, 0.717) is 5.91 Å². The van der Waals surface area contributed by atoms with Crippen LogP contribution in [0.4, 0.5) is 0 Å². The molecular formula is C20H24N2O2. The van der Waals surface area contributed by atoms with Crippen molar-refractivity contribution in [2.24, 2.45) is 5.92 Å². The first-order valence-corrected chi connectivity index (χ1v) is 8.90. The van der Waals surface area contributed by atoms with Gasteiger partial charge in [0.25, 0.3) is 0 Å². The van der Waals surface area contributed by atoms with Crippen molar-refractivity contribution in [3.05, 3.63) is 59.5 Å². The van der Waals surface area contributed by atoms with Crippen molar-refractivity contribution in [2.45, 2.75) is 32.4 Å². The van der Waals surface area contributed by atoms with Crippen LogP contribution in [0.2, 0.25) is 0 Å². The molecule has 1 amide bonds. The number of furan rings is 1. The summed E-state index contributed by atoms with van der Waals surface area (Å²) in [6, 6.07) is 12.4. The van der Waals surface area contributed by atoms with E-state index < -0.39 is 0 Å². The highest BCUT2D eigenvalue weighted by molar-refractivity contribution is 5.79. The van der Waals surface area contributed by atoms with E-state index in [1.54, 1.807) is 6.26 Å². The molecule has 1 aromatic carbocycles. The minimum Gasteiger partial charge on any atom is -0.468 e. The van der Waals surface area contributed by atoms with E-state index in [4.69, 9.17) is 4.42 Å². The average Bonchev–Trinajstić information content (AvgIpc) is 3.14. The summed E-state index contributed by atoms with van der Waals surface area (Å²) in [4.78, 5) is 17.4. The quantitative estimate of drug-likeness (QED) is 0.870. The summed E-state index contributed by atoms with van der Waals surface area (Å²) < 4.78 is 5.45. The molecule has 0 unspecified atom stereocenters. The van der Waals surface area contributed by atoms with E-state index in [2.05, 4.69) is 34.1 Å². The number of rotatable bonds is 3. The molecule has 3 heterocycles. The van der Waals surface area contributed by atoms with Crippen LogP contribution in [0.15, 0.2) is 47.1 Å². The summed E-state index contributed by atoms with van der Waals surface area (Å²) in [5, 5.41) is 0. The van der Waals surface area contributed by atoms with E-state index >= 15 is 0 Å². The predicted octanol–water partition coefficient (Wildman–Crippen LogP) is 3.08. The second-order valence-electron chi connectivity index (χ2n) is 6.93. The molecule has 4 heteroatoms. The Balaban J connectivity index is 1.39. The van der Waals surface area contributed by atoms with Gasteiger partial charge in [-0.05, 0) is 49.1 Å². The maximum absolute atomic E-state index is 13.0. The predicted molar refractivity (Wildman–Crippen MR) is 92.3 cm³/mol. The van der Waals surface area contributed by atoms with Gasteiger partial charge in [-0.25, -0.2) is 0 Å². The molecule has 0 spiro atoms. The maximum Gasteiger partial charge on any atom is 0.227 e. The number of carbonyl (C=O) groups excluding carboxylic acids is 1. The monoisotopic (exact) mass is 324 g/mol. The molecule has 4 rings (SSSR count). The Labute approximate surface area is 143 Å². The minimum atomic E-state index is 0.124. The molecule has 0 N–H and O–H groups in total. The van der Waals surface area contributed by atoms with Gasteiger partial charge in [0.05, 0.1) is 18.7 Å². The number of carbonyl (C=O) groups is 1. The fourth-order valence-electron chi connectivity index (χ4n) is 3.97. The van der Waals surface area contributed by atoms with E-state index in [0.717, 1.165) is 57.7 Å². The van der Waals surface area contributed by atoms with Crippen LogP contribution in [-0.4, -0.2) is 35.3 Å². The fourth-order valence-corrected chi connectivity index (χ4v) is 3.97. The van der Waals surface area contributed by atoms with E-state index in [1.165, 1.54) is 11.1 Å². The first kappa shape index (κ1) is 15.5. The summed E-state index contributed by atoms with van der Waals surface area (Å²) in [5.74, 6) is 1.43. The number of fused-ring (bicyclic) bond motifs is 1. The summed E-state index contributed by atoms with van der Waals surface area (Å²) >= 11 is 0. The Hall–Kier alpha value is -2.07. The summed E-state index contributed by atoms with van der Waals surface area (Å²) in [6.45, 7) is 4.32. The molecular weight excluding hydrogens is 300 g/mol. The van der Waals surface area contributed by atoms with E-state index in [-0.39, 0.29) is 5.92 Å². The zero-order valence-electron chi connectivity index (χ0n) is 14.0. The van der Waals surface area contributed by atoms with Crippen molar-refractivity contribution in [3.63, 3.8) is 0 Å². The van der Waals surface area contributed by atoms with Gasteiger partial charge >= 0.3 is 0 Å². The summed E-state index contributed by atoms with van der Waals surface area (Å²) in [6.07, 6.45) is 4.78. The molecule has 1 fully saturated rings. The average molecular weight is 324 g/mol. The molecule has 2 aromatic rings. The molecule has 1 aromatic heterocycles. The molecule has 0 aliphatic carbocycles. The number of piperidine rings is 1. The number of likely N-dealkylation sites (tertiary alicyclic amines) is 1. The normalized spacial score (nSPS) is 21.5. The highest BCUT2D eigenvalue weighted by Gasteiger charge is 2.31. The van der Waals surface area contributed by atoms with Crippen LogP contribution in [-0.2, 0) is 24.3 Å². The number of benzene rings is 1. The van der Waals surface area contributed by atoms with Crippen molar-refractivity contribution >= 4 is 5.91 Å². The van der Waals surface area contributed by atoms with Crippen LogP contribution in [0.1, 0.15) is 29.7 Å². The molecule has 2 aliphatic heterocycles. The first-order chi connectivity index (χ1) is 11.8. The van der Waals surface area contributed by atoms with Gasteiger partial charge in [0.15, 0.2) is 0 Å². The SMILES string of the molecule is O=C([C@@H]1CCCN(Cc2ccco2)C1)N1CCc2ccccc2C1. The van der Waals surface area contributed by atoms with Crippen molar-refractivity contribution < 1.29 is 9.21 Å². The Morgan fingerprint density at radius 1 is 1.12 bits per heavy atom. The number of hydrogen-bond donors (Lipinski definition) is 0. The molecule has 0 radical (unpaired) electrons. The Bertz CT molecular complexity index is 695. The van der Waals surface area contributed by atoms with Crippen molar-refractivity contribution in [2.75, 3.05) is 19.6 Å². The Kier molecular flexibility index (Phi) is 4.39. The first-order valence-electron chi connectivity index (χ1n) is 8.90. The highest BCUT2D eigenvalue weighted by Crippen LogP contribution is 2.24. The van der Waals surface area contributed by atoms with Crippen LogP contribution in [0, 0.1) is 5.92 Å². The van der Waals surface area contributed by atoms with E-state index in [9.17, 15) is 4.79 Å². The highest BCUT2D eigenvalue weighted by atomic mass is 16.3. The summed E-state index contributed by atoms with van der Waals surface area (Å²) in [5.41, 5.74) is 2.70. The third-order valence-electron chi connectivity index (χ3n) is 5.26. The number of hydrogen-bond acceptors (Lipinski definition) is 3. The van der Waals surface area contributed by atoms with Gasteiger partial charge in [-0.3, -0.25) is 9.69 Å². The molecule has 0 bridgehead atoms. The van der Waals surface area contributed by atoms with Gasteiger partial charge < -0.3 is 9.32 Å². The third kappa shape index (κ3) is 3.24. The largest absolute Gasteiger partial charge is 0.468 e. The zero-order valence-corrected chi connectivity index (χ0v) is 14.0. The fraction of sp³-hybridized carbons (Fsp3) is 0.450. The van der Waals surface area contributed by atoms with Gasteiger partial charge in [-0.1, -0.05) is 24.3 Å². The standard InChI is InChI=1S/C20H24N2O2/c23-20(22-11-9-16-5-1-2-6-17(16)14-22)18-7-3-10-21(13-18)15-19-8-4-12-24-19/h1-2,4-6,8,12,18H,3,7,9-11,13-15H2/t18-/m1/s1. The Morgan fingerprint density at radius 3 is 2.83 bits per heavy atom. The van der Waals surface area contributed by atoms with E-state index in [1.807, 2.05) is 12.1 Å². The van der Waals surface area contributed by atoms with Gasteiger partial charge in [0, 0.05) is 19.6 Å². The lowest BCUT2D eigenvalue weighted by molar-refractivity contribution is -0.138. The van der Waals surface area contributed by atoms with Crippen LogP contribution < -0.4 is 0 Å². The lowest BCUT2D eigenvalue weighted by atomic mass is 9.94. The van der Waals surface area contributed by atoms with Crippen LogP contribution in [0.5, 0.6) is 0 Å². The lowest BCUT2D eigenvalue weighted by Gasteiger charge is -2.36. The molecule has 1 atom stereocenters. The molecule has 4 nitrogen and oxygen atoms in total. The number of nitrogens with zero attached hydrogens (tertiary/aromatic N) is 2. The smallest absolute Gasteiger partial charge is 0.227 e. The topological polar surface area (TPSA) is 36.7 Å². The molecule has 2 aliphatic rings. The van der Waals surface area contributed by atoms with Gasteiger partial charge in [0.1, 0.15) is 5.76 Å². The Morgan fingerprint density at radius 2 is 2.00 bits per heavy atom. The lowest BCUT2D eigenvalue weighted by Crippen LogP contribution is -2.46. The van der Waals surface area contributed by atoms with Crippen LogP contribution in [0.3, 0.4) is 0 Å². The van der Waals surface area contributed by atoms with Crippen molar-refractivity contribution in [3.8, 4) is 0 Å². The maximum atomic E-state index is 13.0. The van der Waals surface area contributed by atoms with Gasteiger partial charge in [0.2, 0.25) is 5.91 Å². The third-order valence-corrected chi connectivity index (χ3v) is 5.26. The van der Waals surface area contributed by atoms with Crippen molar-refractivity contribution in [1.29, 1.82) is 0 Å². The van der Waals surface area contributed by atoms with Crippen molar-refractivity contribution in [1.82, 2.24) is 9.80 Å². The number of amides is 1. The molecule has 0 saturated carbocycles. The van der Waals surface area contributed by atoms with Gasteiger partial charge in [-0.15, -0.1) is 0 Å².